The lowest BCUT2D eigenvalue weighted by Gasteiger charge is -2.16. The van der Waals surface area contributed by atoms with Gasteiger partial charge in [-0.15, -0.1) is 0 Å². The summed E-state index contributed by atoms with van der Waals surface area (Å²) < 4.78 is 11.4. The van der Waals surface area contributed by atoms with E-state index in [1.54, 1.807) is 18.2 Å². The largest absolute Gasteiger partial charge is 0.496 e. The summed E-state index contributed by atoms with van der Waals surface area (Å²) in [6.07, 6.45) is 7.36. The molecule has 1 unspecified atom stereocenters. The van der Waals surface area contributed by atoms with E-state index in [0.29, 0.717) is 17.1 Å². The van der Waals surface area contributed by atoms with Crippen molar-refractivity contribution >= 4 is 28.8 Å². The Labute approximate surface area is 163 Å². The lowest BCUT2D eigenvalue weighted by molar-refractivity contribution is 0.0964. The van der Waals surface area contributed by atoms with Gasteiger partial charge in [-0.2, -0.15) is 0 Å². The van der Waals surface area contributed by atoms with Crippen molar-refractivity contribution < 1.29 is 24.3 Å². The van der Waals surface area contributed by atoms with Crippen LogP contribution in [0.15, 0.2) is 52.5 Å². The maximum atomic E-state index is 12.9. The summed E-state index contributed by atoms with van der Waals surface area (Å²) in [7, 11) is 1.47. The number of hydrogen-bond donors (Lipinski definition) is 2. The van der Waals surface area contributed by atoms with E-state index in [-0.39, 0.29) is 18.1 Å². The molecule has 26 heavy (non-hydrogen) atoms. The van der Waals surface area contributed by atoms with Gasteiger partial charge in [0.15, 0.2) is 5.78 Å². The maximum absolute atomic E-state index is 12.9. The minimum Gasteiger partial charge on any atom is -0.496 e. The topological polar surface area (TPSA) is 76.0 Å². The van der Waals surface area contributed by atoms with E-state index in [9.17, 15) is 4.79 Å². The molecule has 140 valence electrons. The Morgan fingerprint density at radius 3 is 2.31 bits per heavy atom. The Balaban J connectivity index is 3.15. The number of allylic oxidation sites excluding steroid dienone is 5. The molecule has 0 aliphatic carbocycles. The van der Waals surface area contributed by atoms with E-state index in [1.165, 1.54) is 20.2 Å². The number of ketones is 1. The minimum atomic E-state index is -1.54. The second-order valence-electron chi connectivity index (χ2n) is 5.68. The molecule has 0 aliphatic heterocycles. The third-order valence-electron chi connectivity index (χ3n) is 3.75. The van der Waals surface area contributed by atoms with Gasteiger partial charge >= 0.3 is 7.12 Å². The van der Waals surface area contributed by atoms with Gasteiger partial charge in [0, 0.05) is 10.9 Å². The fourth-order valence-corrected chi connectivity index (χ4v) is 2.86. The number of carbonyl (C=O) groups excluding carboxylic acids is 1. The number of halogens is 1. The van der Waals surface area contributed by atoms with Crippen molar-refractivity contribution in [3.05, 3.63) is 58.0 Å². The maximum Gasteiger partial charge on any atom is 0.480 e. The molecule has 0 saturated heterocycles. The van der Waals surface area contributed by atoms with Crippen molar-refractivity contribution in [2.24, 2.45) is 5.92 Å². The number of ether oxygens (including phenoxy) is 2. The fourth-order valence-electron chi connectivity index (χ4n) is 2.44. The summed E-state index contributed by atoms with van der Waals surface area (Å²) in [5.41, 5.74) is 1.20. The van der Waals surface area contributed by atoms with Crippen LogP contribution in [-0.2, 0) is 0 Å². The zero-order valence-electron chi connectivity index (χ0n) is 15.4. The number of rotatable bonds is 9. The van der Waals surface area contributed by atoms with Crippen molar-refractivity contribution in [2.45, 2.75) is 20.3 Å². The Bertz CT molecular complexity index is 685. The molecule has 1 atom stereocenters. The minimum absolute atomic E-state index is 0.122. The molecule has 0 fully saturated rings. The van der Waals surface area contributed by atoms with Crippen LogP contribution in [0, 0.1) is 5.92 Å². The van der Waals surface area contributed by atoms with E-state index in [1.807, 2.05) is 32.1 Å². The fraction of sp³-hybridized carbons (Fsp3) is 0.316. The van der Waals surface area contributed by atoms with Crippen LogP contribution < -0.4 is 9.47 Å². The van der Waals surface area contributed by atoms with Gasteiger partial charge in [-0.1, -0.05) is 53.1 Å². The van der Waals surface area contributed by atoms with Gasteiger partial charge in [-0.05, 0) is 30.5 Å². The Hall–Kier alpha value is -1.83. The third kappa shape index (κ3) is 6.48. The number of Topliss-reactive ketones (excluding diaryl/α,β-unsaturated/α-hetero) is 1. The van der Waals surface area contributed by atoms with Crippen molar-refractivity contribution in [3.8, 4) is 11.5 Å². The van der Waals surface area contributed by atoms with Gasteiger partial charge in [0.2, 0.25) is 0 Å². The highest BCUT2D eigenvalue weighted by molar-refractivity contribution is 9.10. The molecule has 0 bridgehead atoms. The first-order valence-electron chi connectivity index (χ1n) is 8.15. The monoisotopic (exact) mass is 422 g/mol. The zero-order chi connectivity index (χ0) is 19.7. The summed E-state index contributed by atoms with van der Waals surface area (Å²) in [5, 5.41) is 18.1. The summed E-state index contributed by atoms with van der Waals surface area (Å²) in [6, 6.07) is 3.44. The van der Waals surface area contributed by atoms with E-state index >= 15 is 0 Å². The standard InChI is InChI=1S/C19H24BBrO5/c1-5-6-7-14(8-9-20(23)24)13(2)10-16(22)19-17(25-3)11-15(21)12-18(19)26-4/h5-9,11-13,23-24H,10H2,1-4H3/b6-5-,9-8+,14-7-. The molecule has 0 aliphatic rings. The molecule has 0 aromatic heterocycles. The number of carbonyl (C=O) groups is 1. The lowest BCUT2D eigenvalue weighted by Crippen LogP contribution is -2.11. The molecular weight excluding hydrogens is 399 g/mol. The second-order valence-corrected chi connectivity index (χ2v) is 6.59. The van der Waals surface area contributed by atoms with Gasteiger partial charge in [-0.3, -0.25) is 4.79 Å². The first-order chi connectivity index (χ1) is 12.3. The SMILES string of the molecule is C\C=C/C=C(/C=C/B(O)O)C(C)CC(=O)c1c(OC)cc(Br)cc1OC. The number of hydrogen-bond acceptors (Lipinski definition) is 5. The Kier molecular flexibility index (Phi) is 9.41. The van der Waals surface area contributed by atoms with Crippen molar-refractivity contribution in [3.63, 3.8) is 0 Å². The van der Waals surface area contributed by atoms with Crippen LogP contribution in [0.2, 0.25) is 0 Å². The van der Waals surface area contributed by atoms with Gasteiger partial charge in [0.25, 0.3) is 0 Å². The van der Waals surface area contributed by atoms with Crippen LogP contribution in [0.1, 0.15) is 30.6 Å². The van der Waals surface area contributed by atoms with Gasteiger partial charge < -0.3 is 19.5 Å². The number of methoxy groups -OCH3 is 2. The quantitative estimate of drug-likeness (QED) is 0.360. The summed E-state index contributed by atoms with van der Waals surface area (Å²) in [4.78, 5) is 12.9. The van der Waals surface area contributed by atoms with Crippen LogP contribution >= 0.6 is 15.9 Å². The molecule has 0 radical (unpaired) electrons. The molecule has 0 amide bonds. The zero-order valence-corrected chi connectivity index (χ0v) is 17.0. The molecule has 0 spiro atoms. The predicted octanol–water partition coefficient (Wildman–Crippen LogP) is 3.75. The highest BCUT2D eigenvalue weighted by atomic mass is 79.9. The summed E-state index contributed by atoms with van der Waals surface area (Å²) >= 11 is 3.37. The highest BCUT2D eigenvalue weighted by Crippen LogP contribution is 2.35. The van der Waals surface area contributed by atoms with Crippen molar-refractivity contribution in [1.29, 1.82) is 0 Å². The van der Waals surface area contributed by atoms with E-state index in [4.69, 9.17) is 19.5 Å². The molecule has 1 rings (SSSR count). The van der Waals surface area contributed by atoms with Gasteiger partial charge in [0.05, 0.1) is 14.2 Å². The van der Waals surface area contributed by atoms with Crippen molar-refractivity contribution in [1.82, 2.24) is 0 Å². The predicted molar refractivity (Wildman–Crippen MR) is 108 cm³/mol. The normalized spacial score (nSPS) is 13.3. The lowest BCUT2D eigenvalue weighted by atomic mass is 9.86. The second kappa shape index (κ2) is 11.0. The molecule has 2 N–H and O–H groups in total. The van der Waals surface area contributed by atoms with Crippen molar-refractivity contribution in [2.75, 3.05) is 14.2 Å². The molecule has 0 heterocycles. The molecule has 7 heteroatoms. The molecule has 0 saturated carbocycles. The van der Waals surface area contributed by atoms with E-state index in [0.717, 1.165) is 10.0 Å². The average molecular weight is 423 g/mol. The smallest absolute Gasteiger partial charge is 0.480 e. The Morgan fingerprint density at radius 2 is 1.85 bits per heavy atom. The Morgan fingerprint density at radius 1 is 1.27 bits per heavy atom. The van der Waals surface area contributed by atoms with Crippen LogP contribution in [0.4, 0.5) is 0 Å². The molecule has 5 nitrogen and oxygen atoms in total. The summed E-state index contributed by atoms with van der Waals surface area (Å²) in [5.74, 6) is 1.87. The first-order valence-corrected chi connectivity index (χ1v) is 8.95. The van der Waals surface area contributed by atoms with Crippen LogP contribution in [0.3, 0.4) is 0 Å². The molecular formula is C19H24BBrO5. The first kappa shape index (κ1) is 22.2. The van der Waals surface area contributed by atoms with E-state index in [2.05, 4.69) is 15.9 Å². The molecule has 1 aromatic carbocycles. The average Bonchev–Trinajstić information content (AvgIpc) is 2.60. The number of benzene rings is 1. The van der Waals surface area contributed by atoms with E-state index < -0.39 is 7.12 Å². The highest BCUT2D eigenvalue weighted by Gasteiger charge is 2.22. The van der Waals surface area contributed by atoms with Crippen LogP contribution in [-0.4, -0.2) is 37.2 Å². The summed E-state index contributed by atoms with van der Waals surface area (Å²) in [6.45, 7) is 3.78. The third-order valence-corrected chi connectivity index (χ3v) is 4.21. The van der Waals surface area contributed by atoms with Crippen LogP contribution in [0.5, 0.6) is 11.5 Å². The van der Waals surface area contributed by atoms with Gasteiger partial charge in [-0.25, -0.2) is 0 Å². The van der Waals surface area contributed by atoms with Crippen LogP contribution in [0.25, 0.3) is 0 Å². The van der Waals surface area contributed by atoms with Gasteiger partial charge in [0.1, 0.15) is 17.1 Å². The molecule has 1 aromatic rings.